The molecule has 1 aromatic heterocycles. The molecule has 0 saturated carbocycles. The lowest BCUT2D eigenvalue weighted by Gasteiger charge is -2.31. The number of piperidine rings is 1. The second kappa shape index (κ2) is 7.99. The number of carbonyl (C=O) groups excluding carboxylic acids is 1. The van der Waals surface area contributed by atoms with E-state index in [1.807, 2.05) is 4.90 Å². The number of hydrogen-bond acceptors (Lipinski definition) is 5. The molecule has 6 nitrogen and oxygen atoms in total. The average Bonchev–Trinajstić information content (AvgIpc) is 2.63. The first-order valence-electron chi connectivity index (χ1n) is 8.21. The van der Waals surface area contributed by atoms with Crippen LogP contribution in [0.5, 0.6) is 5.75 Å². The lowest BCUT2D eigenvalue weighted by Crippen LogP contribution is -2.38. The van der Waals surface area contributed by atoms with Gasteiger partial charge < -0.3 is 15.0 Å². The van der Waals surface area contributed by atoms with Crippen LogP contribution in [0.15, 0.2) is 36.4 Å². The third kappa shape index (κ3) is 5.22. The number of nitrogens with one attached hydrogen (secondary N) is 1. The maximum atomic E-state index is 12.5. The van der Waals surface area contributed by atoms with Crippen LogP contribution < -0.4 is 15.0 Å². The number of amides is 1. The fraction of sp³-hybridized carbons (Fsp3) is 0.353. The Morgan fingerprint density at radius 1 is 1.15 bits per heavy atom. The number of aromatic nitrogens is 2. The third-order valence-electron chi connectivity index (χ3n) is 4.18. The minimum absolute atomic E-state index is 0.00850. The largest absolute Gasteiger partial charge is 0.573 e. The van der Waals surface area contributed by atoms with Gasteiger partial charge in [-0.1, -0.05) is 23.7 Å². The van der Waals surface area contributed by atoms with Crippen molar-refractivity contribution in [1.82, 2.24) is 10.2 Å². The van der Waals surface area contributed by atoms with E-state index in [1.54, 1.807) is 12.1 Å². The Morgan fingerprint density at radius 3 is 2.48 bits per heavy atom. The minimum atomic E-state index is -4.83. The quantitative estimate of drug-likeness (QED) is 0.843. The Morgan fingerprint density at radius 2 is 1.85 bits per heavy atom. The van der Waals surface area contributed by atoms with Gasteiger partial charge in [-0.05, 0) is 37.1 Å². The highest BCUT2D eigenvalue weighted by Crippen LogP contribution is 2.31. The number of nitrogens with zero attached hydrogens (tertiary/aromatic N) is 3. The normalized spacial score (nSPS) is 15.5. The fourth-order valence-electron chi connectivity index (χ4n) is 2.87. The first kappa shape index (κ1) is 19.2. The van der Waals surface area contributed by atoms with Crippen LogP contribution in [0.3, 0.4) is 0 Å². The smallest absolute Gasteiger partial charge is 0.404 e. The van der Waals surface area contributed by atoms with Gasteiger partial charge in [-0.2, -0.15) is 0 Å². The summed E-state index contributed by atoms with van der Waals surface area (Å²) < 4.78 is 41.4. The number of para-hydroxylation sites is 2. The van der Waals surface area contributed by atoms with Gasteiger partial charge in [0.05, 0.1) is 5.69 Å². The molecule has 1 aliphatic heterocycles. The summed E-state index contributed by atoms with van der Waals surface area (Å²) in [6.07, 6.45) is -3.75. The second-order valence-electron chi connectivity index (χ2n) is 6.01. The molecule has 0 atom stereocenters. The van der Waals surface area contributed by atoms with E-state index >= 15 is 0 Å². The number of anilines is 2. The van der Waals surface area contributed by atoms with Crippen LogP contribution in [0, 0.1) is 5.92 Å². The van der Waals surface area contributed by atoms with Crippen LogP contribution in [0.1, 0.15) is 12.8 Å². The summed E-state index contributed by atoms with van der Waals surface area (Å²) in [5.41, 5.74) is -0.00850. The number of halogens is 4. The van der Waals surface area contributed by atoms with E-state index in [4.69, 9.17) is 11.6 Å². The molecular weight excluding hydrogens is 385 g/mol. The van der Waals surface area contributed by atoms with Gasteiger partial charge >= 0.3 is 6.36 Å². The maximum Gasteiger partial charge on any atom is 0.573 e. The molecule has 27 heavy (non-hydrogen) atoms. The fourth-order valence-corrected chi connectivity index (χ4v) is 2.97. The molecule has 2 heterocycles. The van der Waals surface area contributed by atoms with Crippen LogP contribution in [0.4, 0.5) is 24.7 Å². The summed E-state index contributed by atoms with van der Waals surface area (Å²) in [7, 11) is 0. The molecule has 0 bridgehead atoms. The van der Waals surface area contributed by atoms with Crippen LogP contribution in [-0.4, -0.2) is 35.6 Å². The highest BCUT2D eigenvalue weighted by atomic mass is 35.5. The molecule has 1 fully saturated rings. The van der Waals surface area contributed by atoms with E-state index in [1.165, 1.54) is 18.2 Å². The number of ether oxygens (including phenoxy) is 1. The Balaban J connectivity index is 1.59. The zero-order chi connectivity index (χ0) is 19.4. The number of rotatable bonds is 4. The molecule has 0 aliphatic carbocycles. The highest BCUT2D eigenvalue weighted by molar-refractivity contribution is 6.29. The van der Waals surface area contributed by atoms with Gasteiger partial charge in [-0.15, -0.1) is 23.4 Å². The van der Waals surface area contributed by atoms with Crippen molar-refractivity contribution in [2.75, 3.05) is 23.3 Å². The van der Waals surface area contributed by atoms with Crippen molar-refractivity contribution in [1.29, 1.82) is 0 Å². The van der Waals surface area contributed by atoms with Crippen molar-refractivity contribution in [3.05, 3.63) is 41.6 Å². The summed E-state index contributed by atoms with van der Waals surface area (Å²) in [5, 5.41) is 10.6. The van der Waals surface area contributed by atoms with Crippen LogP contribution in [0.2, 0.25) is 5.15 Å². The summed E-state index contributed by atoms with van der Waals surface area (Å²) in [6.45, 7) is 1.16. The molecule has 3 rings (SSSR count). The predicted molar refractivity (Wildman–Crippen MR) is 93.7 cm³/mol. The number of alkyl halides is 3. The average molecular weight is 401 g/mol. The Bertz CT molecular complexity index is 794. The van der Waals surface area contributed by atoms with Crippen molar-refractivity contribution in [3.8, 4) is 5.75 Å². The van der Waals surface area contributed by atoms with Gasteiger partial charge in [-0.25, -0.2) is 0 Å². The van der Waals surface area contributed by atoms with Crippen molar-refractivity contribution in [2.24, 2.45) is 5.92 Å². The molecule has 0 radical (unpaired) electrons. The van der Waals surface area contributed by atoms with Gasteiger partial charge in [-0.3, -0.25) is 4.79 Å². The van der Waals surface area contributed by atoms with E-state index in [0.717, 1.165) is 6.07 Å². The zero-order valence-electron chi connectivity index (χ0n) is 14.0. The third-order valence-corrected chi connectivity index (χ3v) is 4.38. The van der Waals surface area contributed by atoms with Gasteiger partial charge in [0, 0.05) is 19.0 Å². The molecule has 1 aromatic carbocycles. The molecule has 0 unspecified atom stereocenters. The van der Waals surface area contributed by atoms with Crippen molar-refractivity contribution >= 4 is 29.0 Å². The lowest BCUT2D eigenvalue weighted by atomic mass is 9.96. The molecule has 1 amide bonds. The van der Waals surface area contributed by atoms with Crippen LogP contribution in [-0.2, 0) is 4.79 Å². The topological polar surface area (TPSA) is 67.3 Å². The van der Waals surface area contributed by atoms with Gasteiger partial charge in [0.2, 0.25) is 5.91 Å². The van der Waals surface area contributed by atoms with Crippen molar-refractivity contribution < 1.29 is 22.7 Å². The number of hydrogen-bond donors (Lipinski definition) is 1. The molecule has 1 saturated heterocycles. The Labute approximate surface area is 158 Å². The monoisotopic (exact) mass is 400 g/mol. The Kier molecular flexibility index (Phi) is 5.69. The molecule has 1 N–H and O–H groups in total. The molecule has 0 spiro atoms. The maximum absolute atomic E-state index is 12.5. The highest BCUT2D eigenvalue weighted by Gasteiger charge is 2.33. The van der Waals surface area contributed by atoms with Crippen molar-refractivity contribution in [3.63, 3.8) is 0 Å². The van der Waals surface area contributed by atoms with E-state index in [0.29, 0.717) is 36.9 Å². The summed E-state index contributed by atoms with van der Waals surface area (Å²) in [6, 6.07) is 8.85. The summed E-state index contributed by atoms with van der Waals surface area (Å²) >= 11 is 5.72. The summed E-state index contributed by atoms with van der Waals surface area (Å²) in [5.74, 6) is -0.426. The van der Waals surface area contributed by atoms with Gasteiger partial charge in [0.25, 0.3) is 0 Å². The first-order chi connectivity index (χ1) is 12.8. The first-order valence-corrected chi connectivity index (χ1v) is 8.59. The molecule has 10 heteroatoms. The molecular formula is C17H16ClF3N4O2. The second-order valence-corrected chi connectivity index (χ2v) is 6.40. The number of carbonyl (C=O) groups is 1. The van der Waals surface area contributed by atoms with Gasteiger partial charge in [0.1, 0.15) is 0 Å². The molecule has 144 valence electrons. The van der Waals surface area contributed by atoms with Crippen LogP contribution >= 0.6 is 11.6 Å². The number of benzene rings is 1. The molecule has 2 aromatic rings. The lowest BCUT2D eigenvalue weighted by molar-refractivity contribution is -0.274. The SMILES string of the molecule is O=C(Nc1ccccc1OC(F)(F)F)C1CCN(c2ccc(Cl)nn2)CC1. The summed E-state index contributed by atoms with van der Waals surface area (Å²) in [4.78, 5) is 14.4. The Hall–Kier alpha value is -2.55. The van der Waals surface area contributed by atoms with E-state index < -0.39 is 12.1 Å². The van der Waals surface area contributed by atoms with Crippen LogP contribution in [0.25, 0.3) is 0 Å². The van der Waals surface area contributed by atoms with E-state index in [9.17, 15) is 18.0 Å². The standard InChI is InChI=1S/C17H16ClF3N4O2/c18-14-5-6-15(24-23-14)25-9-7-11(8-10-25)16(26)22-12-3-1-2-4-13(12)27-17(19,20)21/h1-6,11H,7-10H2,(H,22,26). The van der Waals surface area contributed by atoms with E-state index in [2.05, 4.69) is 20.3 Å². The predicted octanol–water partition coefficient (Wildman–Crippen LogP) is 3.88. The van der Waals surface area contributed by atoms with E-state index in [-0.39, 0.29) is 17.5 Å². The van der Waals surface area contributed by atoms with Gasteiger partial charge in [0.15, 0.2) is 16.7 Å². The molecule has 1 aliphatic rings. The minimum Gasteiger partial charge on any atom is -0.404 e. The van der Waals surface area contributed by atoms with Crippen molar-refractivity contribution in [2.45, 2.75) is 19.2 Å². The zero-order valence-corrected chi connectivity index (χ0v) is 14.8.